The van der Waals surface area contributed by atoms with Crippen molar-refractivity contribution in [1.82, 2.24) is 4.90 Å². The Hall–Kier alpha value is -0.610. The molecule has 1 saturated carbocycles. The molecule has 1 aliphatic carbocycles. The molecule has 106 valence electrons. The molecule has 0 unspecified atom stereocenters. The van der Waals surface area contributed by atoms with Gasteiger partial charge in [0.1, 0.15) is 6.61 Å². The van der Waals surface area contributed by atoms with Crippen LogP contribution in [0.15, 0.2) is 0 Å². The summed E-state index contributed by atoms with van der Waals surface area (Å²) >= 11 is 0. The molecular weight excluding hydrogens is 228 g/mol. The van der Waals surface area contributed by atoms with Gasteiger partial charge < -0.3 is 15.4 Å². The lowest BCUT2D eigenvalue weighted by Crippen LogP contribution is -2.43. The summed E-state index contributed by atoms with van der Waals surface area (Å²) in [7, 11) is 0. The van der Waals surface area contributed by atoms with Gasteiger partial charge in [-0.3, -0.25) is 4.79 Å². The number of hydrogen-bond donors (Lipinski definition) is 1. The molecule has 1 amide bonds. The van der Waals surface area contributed by atoms with Crippen molar-refractivity contribution in [3.05, 3.63) is 0 Å². The van der Waals surface area contributed by atoms with Crippen LogP contribution < -0.4 is 5.73 Å². The fraction of sp³-hybridized carbons (Fsp3) is 0.929. The van der Waals surface area contributed by atoms with Crippen LogP contribution in [0, 0.1) is 0 Å². The van der Waals surface area contributed by atoms with Crippen LogP contribution >= 0.6 is 0 Å². The van der Waals surface area contributed by atoms with Gasteiger partial charge in [0.15, 0.2) is 0 Å². The lowest BCUT2D eigenvalue weighted by molar-refractivity contribution is -0.138. The van der Waals surface area contributed by atoms with Gasteiger partial charge in [-0.25, -0.2) is 0 Å². The number of nitrogens with zero attached hydrogens (tertiary/aromatic N) is 1. The second-order valence-corrected chi connectivity index (χ2v) is 5.01. The van der Waals surface area contributed by atoms with Crippen LogP contribution in [0.4, 0.5) is 0 Å². The van der Waals surface area contributed by atoms with Gasteiger partial charge in [0.05, 0.1) is 0 Å². The average Bonchev–Trinajstić information content (AvgIpc) is 2.66. The summed E-state index contributed by atoms with van der Waals surface area (Å²) in [5.74, 6) is 0.136. The van der Waals surface area contributed by atoms with Gasteiger partial charge in [-0.2, -0.15) is 0 Å². The van der Waals surface area contributed by atoms with Crippen LogP contribution in [0.1, 0.15) is 51.9 Å². The van der Waals surface area contributed by atoms with Crippen LogP contribution in [-0.2, 0) is 9.53 Å². The van der Waals surface area contributed by atoms with E-state index in [1.165, 1.54) is 25.7 Å². The smallest absolute Gasteiger partial charge is 0.248 e. The maximum atomic E-state index is 12.2. The first-order valence-electron chi connectivity index (χ1n) is 7.36. The maximum Gasteiger partial charge on any atom is 0.248 e. The highest BCUT2D eigenvalue weighted by atomic mass is 16.5. The number of nitrogens with two attached hydrogens (primary N) is 1. The van der Waals surface area contributed by atoms with Gasteiger partial charge in [-0.05, 0) is 32.7 Å². The van der Waals surface area contributed by atoms with Gasteiger partial charge >= 0.3 is 0 Å². The summed E-state index contributed by atoms with van der Waals surface area (Å²) in [5, 5.41) is 0. The first kappa shape index (κ1) is 15.4. The molecule has 1 fully saturated rings. The van der Waals surface area contributed by atoms with Crippen LogP contribution in [0.3, 0.4) is 0 Å². The maximum absolute atomic E-state index is 12.2. The molecule has 1 aliphatic rings. The predicted octanol–water partition coefficient (Wildman–Crippen LogP) is 1.92. The third-order valence-corrected chi connectivity index (χ3v) is 3.62. The molecule has 0 saturated heterocycles. The summed E-state index contributed by atoms with van der Waals surface area (Å²) in [6.45, 7) is 4.17. The Morgan fingerprint density at radius 2 is 1.94 bits per heavy atom. The van der Waals surface area contributed by atoms with E-state index in [9.17, 15) is 4.79 Å². The minimum atomic E-state index is 0.136. The van der Waals surface area contributed by atoms with Gasteiger partial charge in [0.25, 0.3) is 0 Å². The molecule has 0 atom stereocenters. The van der Waals surface area contributed by atoms with E-state index in [1.807, 2.05) is 11.8 Å². The van der Waals surface area contributed by atoms with Crippen LogP contribution in [-0.4, -0.2) is 43.2 Å². The van der Waals surface area contributed by atoms with Crippen molar-refractivity contribution in [2.24, 2.45) is 5.73 Å². The zero-order chi connectivity index (χ0) is 13.2. The zero-order valence-corrected chi connectivity index (χ0v) is 11.7. The lowest BCUT2D eigenvalue weighted by atomic mass is 10.1. The summed E-state index contributed by atoms with van der Waals surface area (Å²) in [5.41, 5.74) is 5.57. The van der Waals surface area contributed by atoms with E-state index >= 15 is 0 Å². The van der Waals surface area contributed by atoms with Crippen LogP contribution in [0.25, 0.3) is 0 Å². The second kappa shape index (κ2) is 9.34. The molecule has 0 bridgehead atoms. The fourth-order valence-corrected chi connectivity index (χ4v) is 2.61. The molecule has 0 aromatic carbocycles. The highest BCUT2D eigenvalue weighted by Crippen LogP contribution is 2.22. The number of carbonyl (C=O) groups excluding carboxylic acids is 1. The Bertz CT molecular complexity index is 226. The quantitative estimate of drug-likeness (QED) is 0.708. The third-order valence-electron chi connectivity index (χ3n) is 3.62. The summed E-state index contributed by atoms with van der Waals surface area (Å²) in [6.07, 6.45) is 8.26. The van der Waals surface area contributed by atoms with Crippen molar-refractivity contribution >= 4 is 5.91 Å². The van der Waals surface area contributed by atoms with Gasteiger partial charge in [-0.15, -0.1) is 0 Å². The van der Waals surface area contributed by atoms with E-state index in [1.54, 1.807) is 0 Å². The largest absolute Gasteiger partial charge is 0.372 e. The molecule has 0 aromatic rings. The molecule has 0 aromatic heterocycles. The van der Waals surface area contributed by atoms with E-state index in [0.29, 0.717) is 19.2 Å². The minimum Gasteiger partial charge on any atom is -0.372 e. The molecular formula is C14H28N2O2. The van der Waals surface area contributed by atoms with Crippen molar-refractivity contribution in [3.63, 3.8) is 0 Å². The Morgan fingerprint density at radius 1 is 1.28 bits per heavy atom. The molecule has 2 N–H and O–H groups in total. The Morgan fingerprint density at radius 3 is 2.50 bits per heavy atom. The van der Waals surface area contributed by atoms with Crippen LogP contribution in [0.2, 0.25) is 0 Å². The highest BCUT2D eigenvalue weighted by molar-refractivity contribution is 5.77. The Balaban J connectivity index is 2.53. The van der Waals surface area contributed by atoms with E-state index in [-0.39, 0.29) is 12.5 Å². The average molecular weight is 256 g/mol. The minimum absolute atomic E-state index is 0.136. The number of rotatable bonds is 7. The molecule has 0 aliphatic heterocycles. The van der Waals surface area contributed by atoms with Gasteiger partial charge in [-0.1, -0.05) is 25.7 Å². The summed E-state index contributed by atoms with van der Waals surface area (Å²) in [6, 6.07) is 0.409. The van der Waals surface area contributed by atoms with Crippen molar-refractivity contribution in [3.8, 4) is 0 Å². The molecule has 0 spiro atoms. The molecule has 0 heterocycles. The van der Waals surface area contributed by atoms with Crippen LogP contribution in [0.5, 0.6) is 0 Å². The molecule has 18 heavy (non-hydrogen) atoms. The van der Waals surface area contributed by atoms with Crippen molar-refractivity contribution in [1.29, 1.82) is 0 Å². The zero-order valence-electron chi connectivity index (χ0n) is 11.7. The molecule has 4 heteroatoms. The first-order chi connectivity index (χ1) is 8.79. The SMILES string of the molecule is CCOCC(=O)N(CCCN)C1CCCCCC1. The number of hydrogen-bond acceptors (Lipinski definition) is 3. The monoisotopic (exact) mass is 256 g/mol. The molecule has 4 nitrogen and oxygen atoms in total. The van der Waals surface area contributed by atoms with Gasteiger partial charge in [0, 0.05) is 19.2 Å². The lowest BCUT2D eigenvalue weighted by Gasteiger charge is -2.31. The van der Waals surface area contributed by atoms with Crippen molar-refractivity contribution < 1.29 is 9.53 Å². The molecule has 1 rings (SSSR count). The van der Waals surface area contributed by atoms with Crippen molar-refractivity contribution in [2.75, 3.05) is 26.3 Å². The molecule has 0 radical (unpaired) electrons. The number of carbonyl (C=O) groups is 1. The fourth-order valence-electron chi connectivity index (χ4n) is 2.61. The van der Waals surface area contributed by atoms with E-state index in [4.69, 9.17) is 10.5 Å². The van der Waals surface area contributed by atoms with E-state index in [2.05, 4.69) is 0 Å². The first-order valence-corrected chi connectivity index (χ1v) is 7.36. The summed E-state index contributed by atoms with van der Waals surface area (Å²) in [4.78, 5) is 14.2. The third kappa shape index (κ3) is 5.36. The standard InChI is InChI=1S/C14H28N2O2/c1-2-18-12-14(17)16(11-7-10-15)13-8-5-3-4-6-9-13/h13H,2-12,15H2,1H3. The summed E-state index contributed by atoms with van der Waals surface area (Å²) < 4.78 is 5.26. The van der Waals surface area contributed by atoms with Crippen molar-refractivity contribution in [2.45, 2.75) is 57.9 Å². The Labute approximate surface area is 111 Å². The van der Waals surface area contributed by atoms with Gasteiger partial charge in [0.2, 0.25) is 5.91 Å². The highest BCUT2D eigenvalue weighted by Gasteiger charge is 2.23. The van der Waals surface area contributed by atoms with E-state index < -0.39 is 0 Å². The predicted molar refractivity (Wildman–Crippen MR) is 73.4 cm³/mol. The Kier molecular flexibility index (Phi) is 8.01. The topological polar surface area (TPSA) is 55.6 Å². The second-order valence-electron chi connectivity index (χ2n) is 5.01. The normalized spacial score (nSPS) is 17.4. The van der Waals surface area contributed by atoms with E-state index in [0.717, 1.165) is 25.8 Å². The number of amides is 1. The number of ether oxygens (including phenoxy) is 1.